The van der Waals surface area contributed by atoms with Crippen LogP contribution in [0.2, 0.25) is 0 Å². The number of ether oxygens (including phenoxy) is 1. The van der Waals surface area contributed by atoms with Gasteiger partial charge in [0.1, 0.15) is 16.8 Å². The molecule has 9 heteroatoms. The topological polar surface area (TPSA) is 92.8 Å². The minimum absolute atomic E-state index is 0.149. The van der Waals surface area contributed by atoms with E-state index in [0.29, 0.717) is 28.1 Å². The van der Waals surface area contributed by atoms with Gasteiger partial charge in [0, 0.05) is 11.4 Å². The Labute approximate surface area is 189 Å². The van der Waals surface area contributed by atoms with Crippen molar-refractivity contribution in [3.63, 3.8) is 0 Å². The number of hydrogen-bond donors (Lipinski definition) is 1. The summed E-state index contributed by atoms with van der Waals surface area (Å²) in [6.45, 7) is 2.68. The van der Waals surface area contributed by atoms with Crippen LogP contribution in [0.4, 0.5) is 5.00 Å². The third-order valence-corrected chi connectivity index (χ3v) is 7.42. The maximum Gasteiger partial charge on any atom is 0.235 e. The van der Waals surface area contributed by atoms with Crippen LogP contribution in [0.15, 0.2) is 29.4 Å². The van der Waals surface area contributed by atoms with Crippen LogP contribution in [-0.2, 0) is 24.2 Å². The number of hydrogen-bond acceptors (Lipinski definition) is 7. The fraction of sp³-hybridized carbons (Fsp3) is 0.364. The van der Waals surface area contributed by atoms with Crippen molar-refractivity contribution in [3.05, 3.63) is 40.3 Å². The molecule has 0 atom stereocenters. The number of methoxy groups -OCH3 is 1. The molecule has 7 nitrogen and oxygen atoms in total. The van der Waals surface area contributed by atoms with Crippen LogP contribution in [0.3, 0.4) is 0 Å². The molecule has 160 valence electrons. The number of carbonyl (C=O) groups is 1. The normalized spacial score (nSPS) is 12.8. The molecule has 0 bridgehead atoms. The Morgan fingerprint density at radius 2 is 2.13 bits per heavy atom. The number of nitriles is 1. The molecule has 2 aromatic heterocycles. The Balaban J connectivity index is 1.48. The van der Waals surface area contributed by atoms with E-state index in [4.69, 9.17) is 4.74 Å². The molecule has 0 fully saturated rings. The van der Waals surface area contributed by atoms with Crippen molar-refractivity contribution in [1.82, 2.24) is 14.8 Å². The number of fused-ring (bicyclic) bond motifs is 1. The van der Waals surface area contributed by atoms with Gasteiger partial charge in [-0.05, 0) is 50.3 Å². The summed E-state index contributed by atoms with van der Waals surface area (Å²) in [5, 5.41) is 22.5. The molecule has 0 aliphatic heterocycles. The Hall–Kier alpha value is -2.83. The first-order valence-corrected chi connectivity index (χ1v) is 12.0. The molecule has 2 heterocycles. The van der Waals surface area contributed by atoms with Crippen molar-refractivity contribution in [1.29, 1.82) is 5.26 Å². The van der Waals surface area contributed by atoms with Crippen LogP contribution in [0.5, 0.6) is 5.75 Å². The molecular formula is C22H23N5O2S2. The zero-order valence-electron chi connectivity index (χ0n) is 17.5. The van der Waals surface area contributed by atoms with Gasteiger partial charge in [0.05, 0.1) is 24.0 Å². The molecule has 0 spiro atoms. The summed E-state index contributed by atoms with van der Waals surface area (Å²) >= 11 is 2.87. The number of amides is 1. The van der Waals surface area contributed by atoms with Crippen molar-refractivity contribution in [2.45, 2.75) is 44.3 Å². The lowest BCUT2D eigenvalue weighted by atomic mass is 9.96. The first-order valence-electron chi connectivity index (χ1n) is 10.2. The third kappa shape index (κ3) is 4.31. The van der Waals surface area contributed by atoms with Gasteiger partial charge in [0.25, 0.3) is 0 Å². The second-order valence-electron chi connectivity index (χ2n) is 7.11. The van der Waals surface area contributed by atoms with E-state index in [1.807, 2.05) is 35.8 Å². The van der Waals surface area contributed by atoms with Crippen LogP contribution in [0, 0.1) is 11.3 Å². The summed E-state index contributed by atoms with van der Waals surface area (Å²) in [6, 6.07) is 9.95. The van der Waals surface area contributed by atoms with Crippen LogP contribution < -0.4 is 10.1 Å². The van der Waals surface area contributed by atoms with Gasteiger partial charge in [-0.15, -0.1) is 21.5 Å². The Kier molecular flexibility index (Phi) is 6.59. The first-order chi connectivity index (χ1) is 15.2. The lowest BCUT2D eigenvalue weighted by Crippen LogP contribution is -2.14. The zero-order chi connectivity index (χ0) is 21.8. The molecule has 1 aliphatic rings. The van der Waals surface area contributed by atoms with Gasteiger partial charge in [-0.25, -0.2) is 0 Å². The zero-order valence-corrected chi connectivity index (χ0v) is 19.1. The summed E-state index contributed by atoms with van der Waals surface area (Å²) in [5.41, 5.74) is 2.61. The number of aromatic nitrogens is 3. The number of nitrogens with one attached hydrogen (secondary N) is 1. The second-order valence-corrected chi connectivity index (χ2v) is 9.16. The van der Waals surface area contributed by atoms with Gasteiger partial charge < -0.3 is 14.6 Å². The monoisotopic (exact) mass is 453 g/mol. The second kappa shape index (κ2) is 9.54. The summed E-state index contributed by atoms with van der Waals surface area (Å²) < 4.78 is 7.42. The average Bonchev–Trinajstić information content (AvgIpc) is 3.37. The smallest absolute Gasteiger partial charge is 0.235 e. The highest BCUT2D eigenvalue weighted by Crippen LogP contribution is 2.38. The lowest BCUT2D eigenvalue weighted by molar-refractivity contribution is -0.113. The van der Waals surface area contributed by atoms with Gasteiger partial charge in [-0.1, -0.05) is 23.9 Å². The quantitative estimate of drug-likeness (QED) is 0.529. The van der Waals surface area contributed by atoms with Gasteiger partial charge in [0.15, 0.2) is 11.0 Å². The fourth-order valence-corrected chi connectivity index (χ4v) is 5.83. The number of carbonyl (C=O) groups excluding carboxylic acids is 1. The minimum Gasteiger partial charge on any atom is -0.496 e. The van der Waals surface area contributed by atoms with E-state index in [9.17, 15) is 10.1 Å². The standard InChI is InChI=1S/C22H23N5O2S2/c1-3-27-20(15-9-4-6-10-17(15)29-2)25-26-22(27)30-13-19(28)24-21-16(12-23)14-8-5-7-11-18(14)31-21/h4,6,9-10H,3,5,7-8,11,13H2,1-2H3,(H,24,28). The van der Waals surface area contributed by atoms with E-state index in [-0.39, 0.29) is 11.7 Å². The number of para-hydroxylation sites is 1. The van der Waals surface area contributed by atoms with Crippen LogP contribution in [0.1, 0.15) is 35.8 Å². The fourth-order valence-electron chi connectivity index (χ4n) is 3.77. The molecule has 3 aromatic rings. The highest BCUT2D eigenvalue weighted by atomic mass is 32.2. The number of rotatable bonds is 7. The summed E-state index contributed by atoms with van der Waals surface area (Å²) in [5.74, 6) is 1.48. The number of thiophene rings is 1. The van der Waals surface area contributed by atoms with Gasteiger partial charge >= 0.3 is 0 Å². The average molecular weight is 454 g/mol. The summed E-state index contributed by atoms with van der Waals surface area (Å²) in [7, 11) is 1.63. The number of aryl methyl sites for hydroxylation is 1. The number of benzene rings is 1. The minimum atomic E-state index is -0.149. The van der Waals surface area contributed by atoms with Gasteiger partial charge in [-0.2, -0.15) is 5.26 Å². The molecule has 1 amide bonds. The van der Waals surface area contributed by atoms with E-state index >= 15 is 0 Å². The van der Waals surface area contributed by atoms with Crippen molar-refractivity contribution in [2.75, 3.05) is 18.2 Å². The molecule has 4 rings (SSSR count). The van der Waals surface area contributed by atoms with E-state index in [0.717, 1.165) is 42.6 Å². The Morgan fingerprint density at radius 3 is 2.90 bits per heavy atom. The summed E-state index contributed by atoms with van der Waals surface area (Å²) in [4.78, 5) is 13.9. The third-order valence-electron chi connectivity index (χ3n) is 5.25. The van der Waals surface area contributed by atoms with E-state index in [2.05, 4.69) is 21.6 Å². The highest BCUT2D eigenvalue weighted by Gasteiger charge is 2.22. The van der Waals surface area contributed by atoms with E-state index in [1.165, 1.54) is 28.0 Å². The SMILES string of the molecule is CCn1c(SCC(=O)Nc2sc3c(c2C#N)CCCC3)nnc1-c1ccccc1OC. The lowest BCUT2D eigenvalue weighted by Gasteiger charge is -2.10. The highest BCUT2D eigenvalue weighted by molar-refractivity contribution is 7.99. The molecule has 1 aromatic carbocycles. The molecule has 0 unspecified atom stereocenters. The maximum atomic E-state index is 12.6. The van der Waals surface area contributed by atoms with Gasteiger partial charge in [-0.3, -0.25) is 4.79 Å². The molecule has 1 N–H and O–H groups in total. The van der Waals surface area contributed by atoms with Crippen LogP contribution in [0.25, 0.3) is 11.4 Å². The predicted octanol–water partition coefficient (Wildman–Crippen LogP) is 4.52. The van der Waals surface area contributed by atoms with E-state index in [1.54, 1.807) is 7.11 Å². The van der Waals surface area contributed by atoms with Crippen molar-refractivity contribution < 1.29 is 9.53 Å². The molecule has 31 heavy (non-hydrogen) atoms. The maximum absolute atomic E-state index is 12.6. The van der Waals surface area contributed by atoms with Crippen molar-refractivity contribution in [3.8, 4) is 23.2 Å². The molecule has 0 radical (unpaired) electrons. The van der Waals surface area contributed by atoms with Gasteiger partial charge in [0.2, 0.25) is 5.91 Å². The van der Waals surface area contributed by atoms with Crippen molar-refractivity contribution >= 4 is 34.0 Å². The van der Waals surface area contributed by atoms with Crippen molar-refractivity contribution in [2.24, 2.45) is 0 Å². The molecule has 1 aliphatic carbocycles. The first kappa shape index (κ1) is 21.4. The Bertz CT molecular complexity index is 1150. The predicted molar refractivity (Wildman–Crippen MR) is 123 cm³/mol. The number of thioether (sulfide) groups is 1. The largest absolute Gasteiger partial charge is 0.496 e. The number of nitrogens with zero attached hydrogens (tertiary/aromatic N) is 4. The van der Waals surface area contributed by atoms with Crippen LogP contribution >= 0.6 is 23.1 Å². The molecule has 0 saturated heterocycles. The van der Waals surface area contributed by atoms with Crippen LogP contribution in [-0.4, -0.2) is 33.5 Å². The molecular weight excluding hydrogens is 430 g/mol. The molecule has 0 saturated carbocycles. The summed E-state index contributed by atoms with van der Waals surface area (Å²) in [6.07, 6.45) is 4.15. The Morgan fingerprint density at radius 1 is 1.32 bits per heavy atom. The number of anilines is 1. The van der Waals surface area contributed by atoms with E-state index < -0.39 is 0 Å².